The molecule has 0 aromatic heterocycles. The Hall–Kier alpha value is -0.860. The Morgan fingerprint density at radius 3 is 2.82 bits per heavy atom. The summed E-state index contributed by atoms with van der Waals surface area (Å²) in [7, 11) is 0. The van der Waals surface area contributed by atoms with Gasteiger partial charge >= 0.3 is 0 Å². The van der Waals surface area contributed by atoms with Crippen LogP contribution < -0.4 is 5.73 Å². The lowest BCUT2D eigenvalue weighted by Crippen LogP contribution is -2.67. The summed E-state index contributed by atoms with van der Waals surface area (Å²) in [4.78, 5) is 2.52. The van der Waals surface area contributed by atoms with Gasteiger partial charge in [0.05, 0.1) is 0 Å². The molecular formula is C15H22N2. The van der Waals surface area contributed by atoms with Gasteiger partial charge in [-0.15, -0.1) is 0 Å². The lowest BCUT2D eigenvalue weighted by Gasteiger charge is -2.50. The summed E-state index contributed by atoms with van der Waals surface area (Å²) in [6.45, 7) is 5.62. The summed E-state index contributed by atoms with van der Waals surface area (Å²) in [5.41, 5.74) is 9.53. The molecule has 0 spiro atoms. The third-order valence-electron chi connectivity index (χ3n) is 4.26. The molecule has 3 rings (SSSR count). The van der Waals surface area contributed by atoms with Crippen molar-refractivity contribution in [3.05, 3.63) is 35.4 Å². The number of rotatable bonds is 4. The average Bonchev–Trinajstić information content (AvgIpc) is 2.23. The van der Waals surface area contributed by atoms with Gasteiger partial charge in [0.25, 0.3) is 0 Å². The van der Waals surface area contributed by atoms with Gasteiger partial charge in [-0.1, -0.05) is 37.6 Å². The van der Waals surface area contributed by atoms with Crippen LogP contribution in [0.25, 0.3) is 0 Å². The third kappa shape index (κ3) is 2.00. The second kappa shape index (κ2) is 4.11. The Bertz CT molecular complexity index is 407. The number of hydrogen-bond donors (Lipinski definition) is 1. The number of nitrogens with zero attached hydrogens (tertiary/aromatic N) is 1. The molecule has 1 unspecified atom stereocenters. The fourth-order valence-corrected chi connectivity index (χ4v) is 3.47. The predicted octanol–water partition coefficient (Wildman–Crippen LogP) is 2.14. The maximum absolute atomic E-state index is 6.29. The van der Waals surface area contributed by atoms with Crippen LogP contribution in [0.1, 0.15) is 36.8 Å². The highest BCUT2D eigenvalue weighted by Gasteiger charge is 2.40. The van der Waals surface area contributed by atoms with Gasteiger partial charge in [-0.2, -0.15) is 0 Å². The number of benzene rings is 1. The number of fused-ring (bicyclic) bond motifs is 1. The first-order valence-corrected chi connectivity index (χ1v) is 6.79. The molecule has 1 aliphatic carbocycles. The summed E-state index contributed by atoms with van der Waals surface area (Å²) >= 11 is 0. The first kappa shape index (κ1) is 11.2. The molecule has 0 bridgehead atoms. The molecule has 17 heavy (non-hydrogen) atoms. The monoisotopic (exact) mass is 230 g/mol. The molecule has 1 fully saturated rings. The molecule has 1 aliphatic heterocycles. The Balaban J connectivity index is 1.52. The van der Waals surface area contributed by atoms with E-state index < -0.39 is 0 Å². The smallest absolute Gasteiger partial charge is 0.0412 e. The SMILES string of the molecule is CCCC1(N)CN(CC2Cc3ccccc32)C1. The van der Waals surface area contributed by atoms with Crippen molar-refractivity contribution in [1.29, 1.82) is 0 Å². The summed E-state index contributed by atoms with van der Waals surface area (Å²) in [5.74, 6) is 0.761. The zero-order valence-corrected chi connectivity index (χ0v) is 10.7. The van der Waals surface area contributed by atoms with E-state index in [9.17, 15) is 0 Å². The van der Waals surface area contributed by atoms with Crippen LogP contribution in [-0.4, -0.2) is 30.1 Å². The van der Waals surface area contributed by atoms with Crippen LogP contribution in [0.15, 0.2) is 24.3 Å². The first-order valence-electron chi connectivity index (χ1n) is 6.79. The van der Waals surface area contributed by atoms with Gasteiger partial charge in [0.15, 0.2) is 0 Å². The van der Waals surface area contributed by atoms with Crippen molar-refractivity contribution >= 4 is 0 Å². The second-order valence-corrected chi connectivity index (χ2v) is 5.88. The predicted molar refractivity (Wildman–Crippen MR) is 71.2 cm³/mol. The van der Waals surface area contributed by atoms with Gasteiger partial charge in [-0.05, 0) is 24.0 Å². The molecule has 0 saturated carbocycles. The van der Waals surface area contributed by atoms with Crippen LogP contribution in [-0.2, 0) is 6.42 Å². The topological polar surface area (TPSA) is 29.3 Å². The molecule has 1 aromatic rings. The molecule has 1 aromatic carbocycles. The number of likely N-dealkylation sites (tertiary alicyclic amines) is 1. The molecule has 0 amide bonds. The standard InChI is InChI=1S/C15H22N2/c1-2-7-15(16)10-17(11-15)9-13-8-12-5-3-4-6-14(12)13/h3-6,13H,2,7-11,16H2,1H3. The van der Waals surface area contributed by atoms with Gasteiger partial charge < -0.3 is 5.73 Å². The molecule has 1 atom stereocenters. The van der Waals surface area contributed by atoms with Crippen molar-refractivity contribution in [2.24, 2.45) is 5.73 Å². The van der Waals surface area contributed by atoms with Gasteiger partial charge in [0, 0.05) is 31.1 Å². The van der Waals surface area contributed by atoms with Crippen LogP contribution in [0.5, 0.6) is 0 Å². The summed E-state index contributed by atoms with van der Waals surface area (Å²) in [6.07, 6.45) is 3.64. The van der Waals surface area contributed by atoms with E-state index in [4.69, 9.17) is 5.73 Å². The maximum atomic E-state index is 6.29. The van der Waals surface area contributed by atoms with Crippen molar-refractivity contribution < 1.29 is 0 Å². The number of nitrogens with two attached hydrogens (primary N) is 1. The van der Waals surface area contributed by atoms with Gasteiger partial charge in [-0.25, -0.2) is 0 Å². The van der Waals surface area contributed by atoms with Crippen molar-refractivity contribution in [1.82, 2.24) is 4.90 Å². The maximum Gasteiger partial charge on any atom is 0.0412 e. The lowest BCUT2D eigenvalue weighted by atomic mass is 9.76. The van der Waals surface area contributed by atoms with E-state index in [0.29, 0.717) is 0 Å². The average molecular weight is 230 g/mol. The highest BCUT2D eigenvalue weighted by atomic mass is 15.2. The molecule has 2 N–H and O–H groups in total. The Kier molecular flexibility index (Phi) is 2.72. The molecule has 2 heteroatoms. The molecule has 1 heterocycles. The van der Waals surface area contributed by atoms with Crippen LogP contribution in [0.3, 0.4) is 0 Å². The van der Waals surface area contributed by atoms with Crippen molar-refractivity contribution in [2.75, 3.05) is 19.6 Å². The van der Waals surface area contributed by atoms with Crippen LogP contribution in [0, 0.1) is 0 Å². The van der Waals surface area contributed by atoms with Crippen molar-refractivity contribution in [3.8, 4) is 0 Å². The Labute approximate surface area is 104 Å². The summed E-state index contributed by atoms with van der Waals surface area (Å²) in [6, 6.07) is 8.84. The molecule has 2 aliphatic rings. The Morgan fingerprint density at radius 2 is 2.12 bits per heavy atom. The van der Waals surface area contributed by atoms with E-state index in [-0.39, 0.29) is 5.54 Å². The molecular weight excluding hydrogens is 208 g/mol. The van der Waals surface area contributed by atoms with Crippen LogP contribution in [0.2, 0.25) is 0 Å². The number of hydrogen-bond acceptors (Lipinski definition) is 2. The minimum atomic E-state index is 0.123. The van der Waals surface area contributed by atoms with Gasteiger partial charge in [0.1, 0.15) is 0 Å². The highest BCUT2D eigenvalue weighted by molar-refractivity contribution is 5.40. The fraction of sp³-hybridized carbons (Fsp3) is 0.600. The van der Waals surface area contributed by atoms with Crippen LogP contribution in [0.4, 0.5) is 0 Å². The Morgan fingerprint density at radius 1 is 1.35 bits per heavy atom. The van der Waals surface area contributed by atoms with E-state index in [2.05, 4.69) is 36.1 Å². The zero-order chi connectivity index (χ0) is 11.9. The third-order valence-corrected chi connectivity index (χ3v) is 4.26. The summed E-state index contributed by atoms with van der Waals surface area (Å²) in [5, 5.41) is 0. The largest absolute Gasteiger partial charge is 0.323 e. The van der Waals surface area contributed by atoms with Crippen molar-refractivity contribution in [2.45, 2.75) is 37.6 Å². The fourth-order valence-electron chi connectivity index (χ4n) is 3.47. The van der Waals surface area contributed by atoms with E-state index in [1.54, 1.807) is 11.1 Å². The van der Waals surface area contributed by atoms with Crippen molar-refractivity contribution in [3.63, 3.8) is 0 Å². The highest BCUT2D eigenvalue weighted by Crippen LogP contribution is 2.37. The molecule has 2 nitrogen and oxygen atoms in total. The second-order valence-electron chi connectivity index (χ2n) is 5.88. The van der Waals surface area contributed by atoms with Crippen LogP contribution >= 0.6 is 0 Å². The van der Waals surface area contributed by atoms with E-state index in [0.717, 1.165) is 19.0 Å². The minimum Gasteiger partial charge on any atom is -0.323 e. The quantitative estimate of drug-likeness (QED) is 0.858. The van der Waals surface area contributed by atoms with E-state index in [1.807, 2.05) is 0 Å². The normalized spacial score (nSPS) is 25.9. The van der Waals surface area contributed by atoms with Gasteiger partial charge in [-0.3, -0.25) is 4.90 Å². The van der Waals surface area contributed by atoms with E-state index in [1.165, 1.54) is 25.8 Å². The minimum absolute atomic E-state index is 0.123. The van der Waals surface area contributed by atoms with Gasteiger partial charge in [0.2, 0.25) is 0 Å². The first-order chi connectivity index (χ1) is 8.20. The zero-order valence-electron chi connectivity index (χ0n) is 10.7. The van der Waals surface area contributed by atoms with E-state index >= 15 is 0 Å². The molecule has 92 valence electrons. The molecule has 0 radical (unpaired) electrons. The lowest BCUT2D eigenvalue weighted by molar-refractivity contribution is 0.0557. The summed E-state index contributed by atoms with van der Waals surface area (Å²) < 4.78 is 0. The molecule has 1 saturated heterocycles.